The lowest BCUT2D eigenvalue weighted by molar-refractivity contribution is -0.728. The standard InChI is InChI=1S/C14H17N3O9/c1-3-14(13(19)26-4-2)10(18)5-7-8(15(20)21)6-9(16(22)23)11(14)12(7)17(24)25/h6-7,11-12H,3-5H2,1-2H3,(H,20,21)/t7-,11+,12+,14-/m0/s1. The zero-order valence-corrected chi connectivity index (χ0v) is 14.0. The minimum absolute atomic E-state index is 0.118. The van der Waals surface area contributed by atoms with Crippen molar-refractivity contribution < 1.29 is 34.3 Å². The van der Waals surface area contributed by atoms with Gasteiger partial charge in [0, 0.05) is 16.2 Å². The summed E-state index contributed by atoms with van der Waals surface area (Å²) >= 11 is 0. The van der Waals surface area contributed by atoms with Crippen LogP contribution in [-0.4, -0.2) is 50.1 Å². The smallest absolute Gasteiger partial charge is 0.320 e. The van der Waals surface area contributed by atoms with E-state index >= 15 is 0 Å². The van der Waals surface area contributed by atoms with Gasteiger partial charge in [-0.25, -0.2) is 0 Å². The molecule has 0 radical (unpaired) electrons. The summed E-state index contributed by atoms with van der Waals surface area (Å²) in [6.45, 7) is 2.77. The van der Waals surface area contributed by atoms with Crippen molar-refractivity contribution in [3.63, 3.8) is 0 Å². The molecule has 0 saturated heterocycles. The van der Waals surface area contributed by atoms with Gasteiger partial charge in [0.05, 0.1) is 17.6 Å². The van der Waals surface area contributed by atoms with Gasteiger partial charge < -0.3 is 9.94 Å². The Bertz CT molecular complexity index is 740. The molecule has 0 heterocycles. The van der Waals surface area contributed by atoms with Crippen LogP contribution in [0.2, 0.25) is 0 Å². The van der Waals surface area contributed by atoms with Crippen LogP contribution in [0.4, 0.5) is 0 Å². The molecular weight excluding hydrogens is 354 g/mol. The highest BCUT2D eigenvalue weighted by Gasteiger charge is 2.71. The first kappa shape index (κ1) is 19.3. The number of esters is 1. The maximum absolute atomic E-state index is 12.8. The molecular formula is C14H17N3O9. The molecule has 1 saturated carbocycles. The van der Waals surface area contributed by atoms with Crippen molar-refractivity contribution in [3.05, 3.63) is 37.2 Å². The van der Waals surface area contributed by atoms with Crippen LogP contribution in [0.5, 0.6) is 0 Å². The van der Waals surface area contributed by atoms with Gasteiger partial charge in [-0.2, -0.15) is 0 Å². The fourth-order valence-corrected chi connectivity index (χ4v) is 3.95. The monoisotopic (exact) mass is 371 g/mol. The molecule has 1 fully saturated rings. The molecule has 12 heteroatoms. The van der Waals surface area contributed by atoms with E-state index in [2.05, 4.69) is 0 Å². The predicted octanol–water partition coefficient (Wildman–Crippen LogP) is 0.311. The first-order chi connectivity index (χ1) is 12.1. The van der Waals surface area contributed by atoms with Crippen LogP contribution in [0.25, 0.3) is 0 Å². The topological polar surface area (TPSA) is 176 Å². The molecule has 2 aliphatic rings. The Morgan fingerprint density at radius 1 is 1.35 bits per heavy atom. The highest BCUT2D eigenvalue weighted by Crippen LogP contribution is 2.51. The van der Waals surface area contributed by atoms with Crippen LogP contribution >= 0.6 is 0 Å². The largest absolute Gasteiger partial charge is 0.465 e. The number of ketones is 1. The van der Waals surface area contributed by atoms with E-state index < -0.39 is 67.6 Å². The summed E-state index contributed by atoms with van der Waals surface area (Å²) in [4.78, 5) is 46.0. The maximum Gasteiger partial charge on any atom is 0.320 e. The molecule has 0 aromatic heterocycles. The van der Waals surface area contributed by atoms with E-state index in [0.717, 1.165) is 0 Å². The molecule has 26 heavy (non-hydrogen) atoms. The van der Waals surface area contributed by atoms with Gasteiger partial charge in [-0.3, -0.25) is 35.0 Å². The number of hydrogen-bond acceptors (Lipinski definition) is 9. The number of nitro groups is 2. The lowest BCUT2D eigenvalue weighted by Gasteiger charge is -2.43. The van der Waals surface area contributed by atoms with Crippen LogP contribution in [0.15, 0.2) is 11.8 Å². The summed E-state index contributed by atoms with van der Waals surface area (Å²) in [5.74, 6) is -4.96. The quantitative estimate of drug-likeness (QED) is 0.178. The Kier molecular flexibility index (Phi) is 4.96. The molecule has 2 bridgehead atoms. The van der Waals surface area contributed by atoms with Crippen molar-refractivity contribution in [2.75, 3.05) is 6.61 Å². The van der Waals surface area contributed by atoms with E-state index in [1.165, 1.54) is 13.8 Å². The first-order valence-corrected chi connectivity index (χ1v) is 7.86. The Hall–Kier alpha value is -3.05. The van der Waals surface area contributed by atoms with Crippen molar-refractivity contribution in [1.82, 2.24) is 0 Å². The van der Waals surface area contributed by atoms with E-state index in [9.17, 15) is 40.2 Å². The van der Waals surface area contributed by atoms with E-state index in [4.69, 9.17) is 4.74 Å². The average Bonchev–Trinajstić information content (AvgIpc) is 2.54. The van der Waals surface area contributed by atoms with Crippen LogP contribution in [-0.2, 0) is 14.3 Å². The fraction of sp³-hybridized carbons (Fsp3) is 0.643. The lowest BCUT2D eigenvalue weighted by atomic mass is 9.55. The van der Waals surface area contributed by atoms with Gasteiger partial charge >= 0.3 is 5.97 Å². The van der Waals surface area contributed by atoms with Gasteiger partial charge in [0.15, 0.2) is 5.78 Å². The Morgan fingerprint density at radius 3 is 2.38 bits per heavy atom. The number of Topliss-reactive ketones (excluding diaryl/α,β-unsaturated/α-hetero) is 1. The van der Waals surface area contributed by atoms with Gasteiger partial charge in [0.2, 0.25) is 6.04 Å². The van der Waals surface area contributed by atoms with Crippen molar-refractivity contribution in [3.8, 4) is 0 Å². The van der Waals surface area contributed by atoms with Gasteiger partial charge in [-0.15, -0.1) is 0 Å². The second-order valence-corrected chi connectivity index (χ2v) is 6.06. The average molecular weight is 371 g/mol. The Balaban J connectivity index is 2.84. The highest BCUT2D eigenvalue weighted by molar-refractivity contribution is 6.09. The maximum atomic E-state index is 12.8. The third kappa shape index (κ3) is 2.57. The van der Waals surface area contributed by atoms with Crippen molar-refractivity contribution in [1.29, 1.82) is 0 Å². The number of ether oxygens (including phenoxy) is 1. The SMILES string of the molecule is CCOC(=O)[C@@]1(CC)C(=O)C[C@H]2C(=[N+]([O-])O)C=C([N+](=O)[O-])[C@@H]1[C@@H]2[N+](=O)[O-]. The number of carbonyl (C=O) groups is 2. The normalized spacial score (nSPS) is 32.5. The molecule has 0 aromatic rings. The lowest BCUT2D eigenvalue weighted by Crippen LogP contribution is -2.63. The number of fused-ring (bicyclic) bond motifs is 2. The fourth-order valence-electron chi connectivity index (χ4n) is 3.95. The van der Waals surface area contributed by atoms with E-state index in [1.54, 1.807) is 0 Å². The molecule has 142 valence electrons. The summed E-state index contributed by atoms with van der Waals surface area (Å²) < 4.78 is 4.91. The van der Waals surface area contributed by atoms with Gasteiger partial charge in [0.25, 0.3) is 11.4 Å². The summed E-state index contributed by atoms with van der Waals surface area (Å²) in [5.41, 5.74) is -3.61. The zero-order valence-electron chi connectivity index (χ0n) is 14.0. The van der Waals surface area contributed by atoms with Crippen LogP contribution in [0, 0.1) is 42.7 Å². The molecule has 1 N–H and O–H groups in total. The summed E-state index contributed by atoms with van der Waals surface area (Å²) in [7, 11) is 0. The number of nitrogens with zero attached hydrogens (tertiary/aromatic N) is 3. The number of hydrogen-bond donors (Lipinski definition) is 1. The van der Waals surface area contributed by atoms with Gasteiger partial charge in [-0.1, -0.05) is 6.92 Å². The third-order valence-corrected chi connectivity index (χ3v) is 5.05. The molecule has 12 nitrogen and oxygen atoms in total. The van der Waals surface area contributed by atoms with E-state index in [0.29, 0.717) is 6.08 Å². The molecule has 2 aliphatic carbocycles. The van der Waals surface area contributed by atoms with E-state index in [1.807, 2.05) is 0 Å². The minimum Gasteiger partial charge on any atom is -0.465 e. The predicted molar refractivity (Wildman–Crippen MR) is 82.2 cm³/mol. The minimum atomic E-state index is -2.10. The van der Waals surface area contributed by atoms with Crippen molar-refractivity contribution >= 4 is 17.5 Å². The van der Waals surface area contributed by atoms with Gasteiger partial charge in [0.1, 0.15) is 17.3 Å². The molecule has 0 unspecified atom stereocenters. The number of carbonyl (C=O) groups excluding carboxylic acids is 2. The summed E-state index contributed by atoms with van der Waals surface area (Å²) in [6, 6.07) is -1.80. The molecule has 0 spiro atoms. The number of rotatable bonds is 5. The molecule has 4 atom stereocenters. The Labute approximate surface area is 146 Å². The molecule has 0 aliphatic heterocycles. The first-order valence-electron chi connectivity index (χ1n) is 7.86. The Morgan fingerprint density at radius 2 is 1.96 bits per heavy atom. The second kappa shape index (κ2) is 6.69. The molecule has 2 rings (SSSR count). The summed E-state index contributed by atoms with van der Waals surface area (Å²) in [6.07, 6.45) is -0.129. The van der Waals surface area contributed by atoms with Crippen LogP contribution < -0.4 is 0 Å². The molecule has 0 aromatic carbocycles. The zero-order chi connectivity index (χ0) is 19.8. The van der Waals surface area contributed by atoms with Crippen molar-refractivity contribution in [2.24, 2.45) is 17.3 Å². The van der Waals surface area contributed by atoms with Crippen molar-refractivity contribution in [2.45, 2.75) is 32.7 Å². The van der Waals surface area contributed by atoms with E-state index in [-0.39, 0.29) is 13.0 Å². The van der Waals surface area contributed by atoms with Crippen LogP contribution in [0.3, 0.4) is 0 Å². The van der Waals surface area contributed by atoms with Crippen LogP contribution in [0.1, 0.15) is 26.7 Å². The summed E-state index contributed by atoms with van der Waals surface area (Å²) in [5, 5.41) is 43.7. The molecule has 0 amide bonds. The van der Waals surface area contributed by atoms with Gasteiger partial charge in [-0.05, 0) is 13.3 Å². The number of allylic oxidation sites excluding steroid dienone is 1. The third-order valence-electron chi connectivity index (χ3n) is 5.05. The second-order valence-electron chi connectivity index (χ2n) is 6.06. The highest BCUT2D eigenvalue weighted by atomic mass is 16.8.